The fraction of sp³-hybridized carbons (Fsp3) is 0.421. The van der Waals surface area contributed by atoms with Crippen LogP contribution < -0.4 is 5.32 Å². The SMILES string of the molecule is Cc1ccnc([C@@H]2CC(O)(c3ccc(C(F)(F)F)cc3)C[C@H](C)N2)c1. The van der Waals surface area contributed by atoms with Crippen molar-refractivity contribution in [1.29, 1.82) is 0 Å². The Morgan fingerprint density at radius 2 is 1.84 bits per heavy atom. The van der Waals surface area contributed by atoms with Gasteiger partial charge in [-0.05, 0) is 55.7 Å². The number of piperidine rings is 1. The van der Waals surface area contributed by atoms with Crippen LogP contribution in [0, 0.1) is 6.92 Å². The van der Waals surface area contributed by atoms with Crippen LogP contribution in [0.4, 0.5) is 13.2 Å². The smallest absolute Gasteiger partial charge is 0.385 e. The van der Waals surface area contributed by atoms with E-state index in [1.807, 2.05) is 26.0 Å². The number of hydrogen-bond acceptors (Lipinski definition) is 3. The Morgan fingerprint density at radius 3 is 2.44 bits per heavy atom. The quantitative estimate of drug-likeness (QED) is 0.857. The standard InChI is InChI=1S/C19H21F3N2O/c1-12-7-8-23-16(9-12)17-11-18(25,10-13(2)24-17)14-3-5-15(6-4-14)19(20,21)22/h3-9,13,17,24-25H,10-11H2,1-2H3/t13-,17-,18?/m0/s1. The van der Waals surface area contributed by atoms with E-state index < -0.39 is 17.3 Å². The highest BCUT2D eigenvalue weighted by Gasteiger charge is 2.40. The first-order chi connectivity index (χ1) is 11.7. The zero-order valence-electron chi connectivity index (χ0n) is 14.1. The molecule has 0 radical (unpaired) electrons. The fourth-order valence-electron chi connectivity index (χ4n) is 3.53. The van der Waals surface area contributed by atoms with Crippen molar-refractivity contribution >= 4 is 0 Å². The molecule has 1 aromatic heterocycles. The van der Waals surface area contributed by atoms with Crippen LogP contribution in [0.2, 0.25) is 0 Å². The second-order valence-electron chi connectivity index (χ2n) is 6.89. The molecule has 0 spiro atoms. The van der Waals surface area contributed by atoms with E-state index in [9.17, 15) is 18.3 Å². The highest BCUT2D eigenvalue weighted by atomic mass is 19.4. The van der Waals surface area contributed by atoms with Gasteiger partial charge >= 0.3 is 6.18 Å². The molecular formula is C19H21F3N2O. The molecule has 134 valence electrons. The van der Waals surface area contributed by atoms with E-state index in [-0.39, 0.29) is 12.1 Å². The molecule has 3 atom stereocenters. The molecule has 1 aromatic carbocycles. The largest absolute Gasteiger partial charge is 0.416 e. The lowest BCUT2D eigenvalue weighted by Gasteiger charge is -2.41. The summed E-state index contributed by atoms with van der Waals surface area (Å²) >= 11 is 0. The summed E-state index contributed by atoms with van der Waals surface area (Å²) in [5.74, 6) is 0. The van der Waals surface area contributed by atoms with Crippen molar-refractivity contribution in [3.63, 3.8) is 0 Å². The number of pyridine rings is 1. The van der Waals surface area contributed by atoms with Crippen LogP contribution in [-0.2, 0) is 11.8 Å². The third-order valence-electron chi connectivity index (χ3n) is 4.71. The fourth-order valence-corrected chi connectivity index (χ4v) is 3.53. The van der Waals surface area contributed by atoms with E-state index >= 15 is 0 Å². The summed E-state index contributed by atoms with van der Waals surface area (Å²) in [6.07, 6.45) is -1.86. The van der Waals surface area contributed by atoms with Gasteiger partial charge in [0, 0.05) is 18.7 Å². The summed E-state index contributed by atoms with van der Waals surface area (Å²) in [6.45, 7) is 3.93. The van der Waals surface area contributed by atoms with Crippen LogP contribution in [0.15, 0.2) is 42.6 Å². The van der Waals surface area contributed by atoms with Crippen LogP contribution in [0.1, 0.15) is 48.2 Å². The molecule has 2 aromatic rings. The van der Waals surface area contributed by atoms with E-state index in [2.05, 4.69) is 10.3 Å². The summed E-state index contributed by atoms with van der Waals surface area (Å²) in [5, 5.41) is 14.6. The van der Waals surface area contributed by atoms with Gasteiger partial charge in [-0.15, -0.1) is 0 Å². The average Bonchev–Trinajstić information content (AvgIpc) is 2.53. The molecule has 1 unspecified atom stereocenters. The number of nitrogens with zero attached hydrogens (tertiary/aromatic N) is 1. The van der Waals surface area contributed by atoms with Crippen molar-refractivity contribution in [1.82, 2.24) is 10.3 Å². The molecule has 6 heteroatoms. The first kappa shape index (κ1) is 17.9. The van der Waals surface area contributed by atoms with E-state index in [0.717, 1.165) is 23.4 Å². The zero-order valence-corrected chi connectivity index (χ0v) is 14.1. The second kappa shape index (κ2) is 6.42. The third-order valence-corrected chi connectivity index (χ3v) is 4.71. The molecule has 2 heterocycles. The Labute approximate surface area is 144 Å². The molecule has 3 nitrogen and oxygen atoms in total. The maximum absolute atomic E-state index is 12.8. The normalized spacial score (nSPS) is 27.3. The van der Waals surface area contributed by atoms with Gasteiger partial charge < -0.3 is 10.4 Å². The molecular weight excluding hydrogens is 329 g/mol. The van der Waals surface area contributed by atoms with Crippen molar-refractivity contribution in [2.24, 2.45) is 0 Å². The van der Waals surface area contributed by atoms with Gasteiger partial charge in [0.1, 0.15) is 0 Å². The van der Waals surface area contributed by atoms with Gasteiger partial charge in [0.25, 0.3) is 0 Å². The van der Waals surface area contributed by atoms with Crippen LogP contribution >= 0.6 is 0 Å². The number of benzene rings is 1. The van der Waals surface area contributed by atoms with Gasteiger partial charge in [-0.1, -0.05) is 12.1 Å². The van der Waals surface area contributed by atoms with E-state index in [1.165, 1.54) is 12.1 Å². The van der Waals surface area contributed by atoms with Crippen molar-refractivity contribution in [2.75, 3.05) is 0 Å². The minimum absolute atomic E-state index is 0.00774. The van der Waals surface area contributed by atoms with E-state index in [4.69, 9.17) is 0 Å². The number of aromatic nitrogens is 1. The lowest BCUT2D eigenvalue weighted by Crippen LogP contribution is -2.47. The Balaban J connectivity index is 1.89. The number of alkyl halides is 3. The molecule has 0 saturated carbocycles. The first-order valence-corrected chi connectivity index (χ1v) is 8.26. The molecule has 2 N–H and O–H groups in total. The molecule has 0 aliphatic carbocycles. The number of nitrogens with one attached hydrogen (secondary N) is 1. The van der Waals surface area contributed by atoms with Gasteiger partial charge in [0.2, 0.25) is 0 Å². The number of aryl methyl sites for hydroxylation is 1. The van der Waals surface area contributed by atoms with Gasteiger partial charge in [-0.2, -0.15) is 13.2 Å². The van der Waals surface area contributed by atoms with E-state index in [1.54, 1.807) is 6.20 Å². The van der Waals surface area contributed by atoms with Gasteiger partial charge in [0.05, 0.1) is 22.9 Å². The molecule has 1 aliphatic rings. The number of halogens is 3. The monoisotopic (exact) mass is 350 g/mol. The highest BCUT2D eigenvalue weighted by molar-refractivity contribution is 5.30. The van der Waals surface area contributed by atoms with Crippen LogP contribution in [0.3, 0.4) is 0 Å². The molecule has 25 heavy (non-hydrogen) atoms. The third kappa shape index (κ3) is 3.85. The minimum Gasteiger partial charge on any atom is -0.385 e. The van der Waals surface area contributed by atoms with Crippen LogP contribution in [-0.4, -0.2) is 16.1 Å². The maximum atomic E-state index is 12.8. The van der Waals surface area contributed by atoms with Gasteiger partial charge in [-0.25, -0.2) is 0 Å². The van der Waals surface area contributed by atoms with Crippen molar-refractivity contribution < 1.29 is 18.3 Å². The van der Waals surface area contributed by atoms with Gasteiger partial charge in [0.15, 0.2) is 0 Å². The highest BCUT2D eigenvalue weighted by Crippen LogP contribution is 2.40. The predicted molar refractivity (Wildman–Crippen MR) is 88.9 cm³/mol. The maximum Gasteiger partial charge on any atom is 0.416 e. The molecule has 3 rings (SSSR count). The lowest BCUT2D eigenvalue weighted by molar-refractivity contribution is -0.137. The Kier molecular flexibility index (Phi) is 4.60. The Morgan fingerprint density at radius 1 is 1.16 bits per heavy atom. The number of hydrogen-bond donors (Lipinski definition) is 2. The van der Waals surface area contributed by atoms with Crippen LogP contribution in [0.5, 0.6) is 0 Å². The molecule has 0 bridgehead atoms. The molecule has 1 fully saturated rings. The summed E-state index contributed by atoms with van der Waals surface area (Å²) in [4.78, 5) is 4.38. The van der Waals surface area contributed by atoms with Gasteiger partial charge in [-0.3, -0.25) is 4.98 Å². The molecule has 1 saturated heterocycles. The van der Waals surface area contributed by atoms with Crippen LogP contribution in [0.25, 0.3) is 0 Å². The molecule has 0 amide bonds. The summed E-state index contributed by atoms with van der Waals surface area (Å²) in [6, 6.07) is 8.52. The molecule has 1 aliphatic heterocycles. The second-order valence-corrected chi connectivity index (χ2v) is 6.89. The zero-order chi connectivity index (χ0) is 18.2. The lowest BCUT2D eigenvalue weighted by atomic mass is 9.78. The minimum atomic E-state index is -4.38. The summed E-state index contributed by atoms with van der Waals surface area (Å²) in [5.41, 5.74) is 0.510. The Hall–Kier alpha value is -1.92. The van der Waals surface area contributed by atoms with Crippen molar-refractivity contribution in [3.8, 4) is 0 Å². The summed E-state index contributed by atoms with van der Waals surface area (Å²) in [7, 11) is 0. The topological polar surface area (TPSA) is 45.2 Å². The first-order valence-electron chi connectivity index (χ1n) is 8.26. The number of rotatable bonds is 2. The number of aliphatic hydroxyl groups is 1. The van der Waals surface area contributed by atoms with Crippen molar-refractivity contribution in [2.45, 2.75) is 50.6 Å². The average molecular weight is 350 g/mol. The Bertz CT molecular complexity index is 745. The summed E-state index contributed by atoms with van der Waals surface area (Å²) < 4.78 is 38.3. The predicted octanol–water partition coefficient (Wildman–Crippen LogP) is 4.11. The van der Waals surface area contributed by atoms with Crippen molar-refractivity contribution in [3.05, 3.63) is 65.0 Å². The van der Waals surface area contributed by atoms with E-state index in [0.29, 0.717) is 18.4 Å².